The zero-order valence-corrected chi connectivity index (χ0v) is 26.3. The third-order valence-corrected chi connectivity index (χ3v) is 8.94. The predicted octanol–water partition coefficient (Wildman–Crippen LogP) is 3.09. The van der Waals surface area contributed by atoms with E-state index >= 15 is 0 Å². The number of hydrogen-bond donors (Lipinski definition) is 3. The van der Waals surface area contributed by atoms with Gasteiger partial charge in [0, 0.05) is 14.2 Å². The van der Waals surface area contributed by atoms with E-state index in [1.807, 2.05) is 0 Å². The van der Waals surface area contributed by atoms with Gasteiger partial charge in [0.2, 0.25) is 11.7 Å². The summed E-state index contributed by atoms with van der Waals surface area (Å²) in [5.74, 6) is -4.16. The van der Waals surface area contributed by atoms with E-state index in [-0.39, 0.29) is 11.4 Å². The van der Waals surface area contributed by atoms with Crippen LogP contribution in [0, 0.1) is 11.8 Å². The number of epoxide rings is 1. The van der Waals surface area contributed by atoms with Gasteiger partial charge in [-0.2, -0.15) is 0 Å². The Hall–Kier alpha value is -2.90. The zero-order chi connectivity index (χ0) is 31.9. The Morgan fingerprint density at radius 3 is 2.56 bits per heavy atom. The van der Waals surface area contributed by atoms with Crippen molar-refractivity contribution in [2.24, 2.45) is 11.8 Å². The number of amides is 2. The monoisotopic (exact) mass is 624 g/mol. The molecule has 3 aliphatic rings. The Labute approximate surface area is 256 Å². The molecule has 0 radical (unpaired) electrons. The minimum absolute atomic E-state index is 0.243. The Bertz CT molecular complexity index is 1290. The molecule has 2 fully saturated rings. The normalized spacial score (nSPS) is 34.8. The Balaban J connectivity index is 1.80. The number of carbonyl (C=O) groups excluding carboxylic acids is 3. The highest BCUT2D eigenvalue weighted by Crippen LogP contribution is 2.51. The van der Waals surface area contributed by atoms with E-state index in [0.717, 1.165) is 5.56 Å². The van der Waals surface area contributed by atoms with Gasteiger partial charge < -0.3 is 38.8 Å². The third kappa shape index (κ3) is 6.48. The first-order chi connectivity index (χ1) is 20.1. The van der Waals surface area contributed by atoms with Crippen LogP contribution >= 0.6 is 11.6 Å². The molecule has 0 saturated carbocycles. The summed E-state index contributed by atoms with van der Waals surface area (Å²) < 4.78 is 28.2. The highest BCUT2D eigenvalue weighted by atomic mass is 35.5. The highest BCUT2D eigenvalue weighted by molar-refractivity contribution is 6.35. The molecule has 3 aliphatic heterocycles. The number of ether oxygens (including phenoxy) is 5. The number of fused-ring (bicyclic) bond motifs is 5. The van der Waals surface area contributed by atoms with Gasteiger partial charge in [0.25, 0.3) is 0 Å². The minimum Gasteiger partial charge on any atom is -0.495 e. The van der Waals surface area contributed by atoms with Crippen molar-refractivity contribution in [1.82, 2.24) is 5.32 Å². The van der Waals surface area contributed by atoms with E-state index in [4.69, 9.17) is 35.3 Å². The predicted molar refractivity (Wildman–Crippen MR) is 156 cm³/mol. The van der Waals surface area contributed by atoms with Crippen LogP contribution in [0.5, 0.6) is 5.75 Å². The number of carbonyl (C=O) groups is 3. The second kappa shape index (κ2) is 12.2. The van der Waals surface area contributed by atoms with Gasteiger partial charge in [-0.05, 0) is 37.5 Å². The molecule has 1 aromatic rings. The van der Waals surface area contributed by atoms with Gasteiger partial charge in [-0.25, -0.2) is 4.79 Å². The van der Waals surface area contributed by atoms with Gasteiger partial charge in [0.1, 0.15) is 28.6 Å². The highest BCUT2D eigenvalue weighted by Gasteiger charge is 2.68. The average molecular weight is 625 g/mol. The second-order valence-corrected chi connectivity index (χ2v) is 12.3. The minimum atomic E-state index is -2.19. The molecule has 0 unspecified atom stereocenters. The van der Waals surface area contributed by atoms with Gasteiger partial charge in [-0.15, -0.1) is 0 Å². The molecule has 0 spiro atoms. The SMILES string of the molecule is COc1cc2cc(c1Cl)N(C)C(=O)C[C@H](OC(=O)C(C)C)[C@@]1(C)O[C@H]1[C@H](C)[C@]1(O)C[C@@](O)(NC(=O)O1)[C@H](OC)C=CCC2. The number of hydrogen-bond acceptors (Lipinski definition) is 10. The Kier molecular flexibility index (Phi) is 9.39. The molecule has 4 rings (SSSR count). The number of nitrogens with zero attached hydrogens (tertiary/aromatic N) is 1. The number of methoxy groups -OCH3 is 2. The van der Waals surface area contributed by atoms with Crippen LogP contribution in [0.1, 0.15) is 52.5 Å². The van der Waals surface area contributed by atoms with Gasteiger partial charge in [-0.3, -0.25) is 14.9 Å². The average Bonchev–Trinajstić information content (AvgIpc) is 3.63. The summed E-state index contributed by atoms with van der Waals surface area (Å²) in [5, 5.41) is 25.8. The number of halogens is 1. The standard InChI is InChI=1S/C30H41ClN2O10/c1-16(2)26(35)41-22-14-23(34)33(5)19-12-18(13-20(39-6)24(19)31)10-8-9-11-21(40-7)29(37)15-30(38,43-27(36)32-29)17(3)25-28(22,4)42-25/h9,11-13,16-17,21-22,25,37-38H,8,10,14-15H2,1-7H3,(H,32,36)/t17-,21+,22-,25-,28+,29-,30-/m0/s1. The summed E-state index contributed by atoms with van der Waals surface area (Å²) in [6.45, 7) is 6.60. The fourth-order valence-corrected chi connectivity index (χ4v) is 6.05. The van der Waals surface area contributed by atoms with Crippen LogP contribution < -0.4 is 15.0 Å². The molecule has 13 heteroatoms. The van der Waals surface area contributed by atoms with Crippen molar-refractivity contribution in [3.8, 4) is 5.75 Å². The molecular weight excluding hydrogens is 584 g/mol. The summed E-state index contributed by atoms with van der Waals surface area (Å²) in [7, 11) is 4.43. The zero-order valence-electron chi connectivity index (χ0n) is 25.5. The van der Waals surface area contributed by atoms with E-state index in [9.17, 15) is 24.6 Å². The second-order valence-electron chi connectivity index (χ2n) is 12.0. The molecule has 2 amide bonds. The van der Waals surface area contributed by atoms with Crippen LogP contribution in [0.4, 0.5) is 10.5 Å². The molecule has 238 valence electrons. The van der Waals surface area contributed by atoms with Gasteiger partial charge in [0.05, 0.1) is 43.6 Å². The lowest BCUT2D eigenvalue weighted by Gasteiger charge is -2.46. The van der Waals surface area contributed by atoms with E-state index in [0.29, 0.717) is 24.3 Å². The van der Waals surface area contributed by atoms with Crippen molar-refractivity contribution in [3.63, 3.8) is 0 Å². The first kappa shape index (κ1) is 33.0. The maximum atomic E-state index is 13.7. The van der Waals surface area contributed by atoms with Crippen LogP contribution in [0.3, 0.4) is 0 Å². The van der Waals surface area contributed by atoms with Crippen molar-refractivity contribution < 1.29 is 48.3 Å². The molecule has 1 aromatic carbocycles. The summed E-state index contributed by atoms with van der Waals surface area (Å²) >= 11 is 6.63. The maximum Gasteiger partial charge on any atom is 0.411 e. The lowest BCUT2D eigenvalue weighted by molar-refractivity contribution is -0.267. The van der Waals surface area contributed by atoms with Crippen molar-refractivity contribution >= 4 is 35.3 Å². The third-order valence-electron chi connectivity index (χ3n) is 8.56. The van der Waals surface area contributed by atoms with Crippen molar-refractivity contribution in [2.75, 3.05) is 26.2 Å². The smallest absolute Gasteiger partial charge is 0.411 e. The van der Waals surface area contributed by atoms with Crippen LogP contribution in [0.2, 0.25) is 5.02 Å². The number of alkyl carbamates (subject to hydrolysis) is 1. The first-order valence-corrected chi connectivity index (χ1v) is 14.6. The lowest BCUT2D eigenvalue weighted by Crippen LogP contribution is -2.68. The van der Waals surface area contributed by atoms with Crippen LogP contribution in [-0.2, 0) is 35.0 Å². The van der Waals surface area contributed by atoms with Gasteiger partial charge >= 0.3 is 12.1 Å². The topological polar surface area (TPSA) is 156 Å². The van der Waals surface area contributed by atoms with Crippen LogP contribution in [0.15, 0.2) is 24.3 Å². The van der Waals surface area contributed by atoms with Crippen LogP contribution in [-0.4, -0.2) is 84.9 Å². The lowest BCUT2D eigenvalue weighted by atomic mass is 9.81. The number of anilines is 1. The van der Waals surface area contributed by atoms with E-state index in [2.05, 4.69) is 5.32 Å². The van der Waals surface area contributed by atoms with E-state index in [1.54, 1.807) is 59.0 Å². The molecule has 7 atom stereocenters. The number of aryl methyl sites for hydroxylation is 1. The number of benzene rings is 1. The number of aliphatic hydroxyl groups is 2. The quantitative estimate of drug-likeness (QED) is 0.258. The molecule has 3 N–H and O–H groups in total. The molecule has 0 aliphatic carbocycles. The first-order valence-electron chi connectivity index (χ1n) is 14.2. The van der Waals surface area contributed by atoms with Crippen molar-refractivity contribution in [3.05, 3.63) is 34.9 Å². The van der Waals surface area contributed by atoms with Gasteiger partial charge in [0.15, 0.2) is 5.72 Å². The molecule has 3 heterocycles. The largest absolute Gasteiger partial charge is 0.495 e. The fraction of sp³-hybridized carbons (Fsp3) is 0.633. The molecule has 0 aromatic heterocycles. The van der Waals surface area contributed by atoms with Crippen molar-refractivity contribution in [1.29, 1.82) is 0 Å². The molecule has 12 nitrogen and oxygen atoms in total. The molecule has 2 saturated heterocycles. The van der Waals surface area contributed by atoms with Gasteiger partial charge in [-0.1, -0.05) is 44.5 Å². The fourth-order valence-electron chi connectivity index (χ4n) is 5.73. The Morgan fingerprint density at radius 2 is 1.93 bits per heavy atom. The number of rotatable bonds is 4. The molecule has 4 bridgehead atoms. The number of esters is 1. The molecule has 43 heavy (non-hydrogen) atoms. The van der Waals surface area contributed by atoms with E-state index < -0.39 is 71.7 Å². The number of nitrogens with one attached hydrogen (secondary N) is 1. The van der Waals surface area contributed by atoms with Crippen molar-refractivity contribution in [2.45, 2.75) is 88.8 Å². The summed E-state index contributed by atoms with van der Waals surface area (Å²) in [4.78, 5) is 40.5. The molecular formula is C30H41ClN2O10. The number of allylic oxidation sites excluding steroid dienone is 1. The summed E-state index contributed by atoms with van der Waals surface area (Å²) in [6.07, 6.45) is -0.319. The van der Waals surface area contributed by atoms with E-state index in [1.165, 1.54) is 19.1 Å². The Morgan fingerprint density at radius 1 is 1.23 bits per heavy atom. The maximum absolute atomic E-state index is 13.7. The van der Waals surface area contributed by atoms with Crippen LogP contribution in [0.25, 0.3) is 0 Å². The summed E-state index contributed by atoms with van der Waals surface area (Å²) in [6, 6.07) is 3.56. The summed E-state index contributed by atoms with van der Waals surface area (Å²) in [5.41, 5.74) is -2.03.